The number of hydrogen-bond donors (Lipinski definition) is 1. The number of para-hydroxylation sites is 1. The number of anilines is 3. The monoisotopic (exact) mass is 364 g/mol. The van der Waals surface area contributed by atoms with Crippen molar-refractivity contribution in [3.8, 4) is 0 Å². The highest BCUT2D eigenvalue weighted by Gasteiger charge is 2.31. The van der Waals surface area contributed by atoms with Crippen LogP contribution in [0, 0.1) is 0 Å². The first kappa shape index (κ1) is 16.5. The van der Waals surface area contributed by atoms with E-state index in [1.165, 1.54) is 11.8 Å². The molecule has 0 spiro atoms. The first-order valence-corrected chi connectivity index (χ1v) is 8.76. The number of aromatic nitrogens is 2. The molecular formula is C20H17ClN4O. The molecule has 1 N–H and O–H groups in total. The molecule has 0 bridgehead atoms. The van der Waals surface area contributed by atoms with Crippen molar-refractivity contribution in [3.63, 3.8) is 0 Å². The van der Waals surface area contributed by atoms with Crippen LogP contribution in [0.2, 0.25) is 5.02 Å². The molecule has 0 saturated carbocycles. The van der Waals surface area contributed by atoms with Crippen LogP contribution in [-0.2, 0) is 6.42 Å². The van der Waals surface area contributed by atoms with Crippen molar-refractivity contribution < 1.29 is 4.79 Å². The van der Waals surface area contributed by atoms with E-state index in [-0.39, 0.29) is 11.9 Å². The number of nitrogens with zero attached hydrogens (tertiary/aromatic N) is 3. The second-order valence-electron chi connectivity index (χ2n) is 6.28. The summed E-state index contributed by atoms with van der Waals surface area (Å²) in [5.74, 6) is 0.437. The SMILES string of the molecule is CC1Cc2ccccc2N1C(=O)c1cnc(Nc2ccc(Cl)cc2)cn1. The standard InChI is InChI=1S/C20H17ClN4O/c1-13-10-14-4-2-3-5-18(14)25(13)20(26)17-11-23-19(12-22-17)24-16-8-6-15(21)7-9-16/h2-9,11-13H,10H2,1H3,(H,23,24). The second-order valence-corrected chi connectivity index (χ2v) is 6.71. The van der Waals surface area contributed by atoms with E-state index in [9.17, 15) is 4.79 Å². The Kier molecular flexibility index (Phi) is 4.31. The Labute approximate surface area is 156 Å². The summed E-state index contributed by atoms with van der Waals surface area (Å²) in [5, 5.41) is 3.80. The van der Waals surface area contributed by atoms with Gasteiger partial charge in [0.2, 0.25) is 0 Å². The van der Waals surface area contributed by atoms with Gasteiger partial charge in [-0.3, -0.25) is 4.79 Å². The zero-order chi connectivity index (χ0) is 18.1. The molecule has 26 heavy (non-hydrogen) atoms. The Hall–Kier alpha value is -2.92. The van der Waals surface area contributed by atoms with Crippen molar-refractivity contribution in [2.75, 3.05) is 10.2 Å². The van der Waals surface area contributed by atoms with Gasteiger partial charge in [-0.1, -0.05) is 29.8 Å². The maximum atomic E-state index is 12.9. The predicted octanol–water partition coefficient (Wildman–Crippen LogP) is 4.47. The summed E-state index contributed by atoms with van der Waals surface area (Å²) in [4.78, 5) is 23.3. The molecule has 2 aromatic carbocycles. The molecule has 1 atom stereocenters. The fourth-order valence-corrected chi connectivity index (χ4v) is 3.31. The quantitative estimate of drug-likeness (QED) is 0.745. The molecule has 0 aliphatic carbocycles. The largest absolute Gasteiger partial charge is 0.339 e. The Morgan fingerprint density at radius 3 is 2.62 bits per heavy atom. The van der Waals surface area contributed by atoms with Crippen LogP contribution in [0.4, 0.5) is 17.2 Å². The van der Waals surface area contributed by atoms with E-state index < -0.39 is 0 Å². The Bertz CT molecular complexity index is 941. The van der Waals surface area contributed by atoms with Crippen molar-refractivity contribution in [1.29, 1.82) is 0 Å². The van der Waals surface area contributed by atoms with Crippen molar-refractivity contribution in [1.82, 2.24) is 9.97 Å². The molecule has 3 aromatic rings. The molecule has 1 aromatic heterocycles. The Balaban J connectivity index is 1.53. The van der Waals surface area contributed by atoms with E-state index in [1.807, 2.05) is 37.3 Å². The van der Waals surface area contributed by atoms with E-state index in [1.54, 1.807) is 23.2 Å². The molecular weight excluding hydrogens is 348 g/mol. The van der Waals surface area contributed by atoms with Crippen molar-refractivity contribution in [2.24, 2.45) is 0 Å². The van der Waals surface area contributed by atoms with Gasteiger partial charge >= 0.3 is 0 Å². The van der Waals surface area contributed by atoms with Gasteiger partial charge in [-0.15, -0.1) is 0 Å². The smallest absolute Gasteiger partial charge is 0.278 e. The van der Waals surface area contributed by atoms with Gasteiger partial charge in [0, 0.05) is 22.4 Å². The van der Waals surface area contributed by atoms with Gasteiger partial charge in [-0.25, -0.2) is 9.97 Å². The number of halogens is 1. The zero-order valence-corrected chi connectivity index (χ0v) is 14.9. The third-order valence-corrected chi connectivity index (χ3v) is 4.67. The van der Waals surface area contributed by atoms with Crippen LogP contribution in [0.15, 0.2) is 60.9 Å². The fourth-order valence-electron chi connectivity index (χ4n) is 3.18. The van der Waals surface area contributed by atoms with E-state index in [0.717, 1.165) is 17.8 Å². The number of rotatable bonds is 3. The molecule has 1 aliphatic heterocycles. The number of hydrogen-bond acceptors (Lipinski definition) is 4. The van der Waals surface area contributed by atoms with E-state index >= 15 is 0 Å². The highest BCUT2D eigenvalue weighted by Crippen LogP contribution is 2.32. The van der Waals surface area contributed by atoms with Crippen molar-refractivity contribution >= 4 is 34.7 Å². The third-order valence-electron chi connectivity index (χ3n) is 4.41. The molecule has 0 radical (unpaired) electrons. The van der Waals surface area contributed by atoms with Gasteiger partial charge < -0.3 is 10.2 Å². The van der Waals surface area contributed by atoms with Gasteiger partial charge in [-0.05, 0) is 49.2 Å². The van der Waals surface area contributed by atoms with Crippen LogP contribution < -0.4 is 10.2 Å². The van der Waals surface area contributed by atoms with Crippen LogP contribution >= 0.6 is 11.6 Å². The summed E-state index contributed by atoms with van der Waals surface area (Å²) < 4.78 is 0. The fraction of sp³-hybridized carbons (Fsp3) is 0.150. The topological polar surface area (TPSA) is 58.1 Å². The molecule has 1 aliphatic rings. The Morgan fingerprint density at radius 2 is 1.88 bits per heavy atom. The predicted molar refractivity (Wildman–Crippen MR) is 103 cm³/mol. The number of carbonyl (C=O) groups excluding carboxylic acids is 1. The molecule has 0 fully saturated rings. The lowest BCUT2D eigenvalue weighted by molar-refractivity contribution is 0.0976. The van der Waals surface area contributed by atoms with Gasteiger partial charge in [0.25, 0.3) is 5.91 Å². The number of nitrogens with one attached hydrogen (secondary N) is 1. The lowest BCUT2D eigenvalue weighted by atomic mass is 10.1. The van der Waals surface area contributed by atoms with Crippen molar-refractivity contribution in [2.45, 2.75) is 19.4 Å². The lowest BCUT2D eigenvalue weighted by Gasteiger charge is -2.22. The van der Waals surface area contributed by atoms with E-state index in [0.29, 0.717) is 16.5 Å². The average Bonchev–Trinajstić information content (AvgIpc) is 2.99. The molecule has 2 heterocycles. The van der Waals surface area contributed by atoms with E-state index in [2.05, 4.69) is 21.4 Å². The van der Waals surface area contributed by atoms with Gasteiger partial charge in [0.15, 0.2) is 0 Å². The molecule has 1 unspecified atom stereocenters. The highest BCUT2D eigenvalue weighted by molar-refractivity contribution is 6.30. The molecule has 4 rings (SSSR count). The summed E-state index contributed by atoms with van der Waals surface area (Å²) in [6.07, 6.45) is 3.92. The average molecular weight is 365 g/mol. The highest BCUT2D eigenvalue weighted by atomic mass is 35.5. The van der Waals surface area contributed by atoms with Crippen LogP contribution in [0.25, 0.3) is 0 Å². The summed E-state index contributed by atoms with van der Waals surface area (Å²) in [6.45, 7) is 2.04. The maximum Gasteiger partial charge on any atom is 0.278 e. The summed E-state index contributed by atoms with van der Waals surface area (Å²) in [6, 6.07) is 15.4. The van der Waals surface area contributed by atoms with Crippen LogP contribution in [0.5, 0.6) is 0 Å². The van der Waals surface area contributed by atoms with Gasteiger partial charge in [-0.2, -0.15) is 0 Å². The Morgan fingerprint density at radius 1 is 1.12 bits per heavy atom. The first-order valence-electron chi connectivity index (χ1n) is 8.38. The number of carbonyl (C=O) groups is 1. The zero-order valence-electron chi connectivity index (χ0n) is 14.2. The van der Waals surface area contributed by atoms with Gasteiger partial charge in [0.05, 0.1) is 12.4 Å². The van der Waals surface area contributed by atoms with Crippen LogP contribution in [-0.4, -0.2) is 21.9 Å². The lowest BCUT2D eigenvalue weighted by Crippen LogP contribution is -2.36. The molecule has 5 nitrogen and oxygen atoms in total. The first-order chi connectivity index (χ1) is 12.6. The van der Waals surface area contributed by atoms with Crippen LogP contribution in [0.1, 0.15) is 23.0 Å². The molecule has 0 saturated heterocycles. The minimum atomic E-state index is -0.131. The number of amides is 1. The van der Waals surface area contributed by atoms with Crippen molar-refractivity contribution in [3.05, 3.63) is 77.2 Å². The van der Waals surface area contributed by atoms with E-state index in [4.69, 9.17) is 11.6 Å². The molecule has 1 amide bonds. The number of benzene rings is 2. The summed E-state index contributed by atoms with van der Waals surface area (Å²) in [5.41, 5.74) is 3.32. The van der Waals surface area contributed by atoms with Crippen LogP contribution in [0.3, 0.4) is 0 Å². The minimum Gasteiger partial charge on any atom is -0.339 e. The normalized spacial score (nSPS) is 15.6. The summed E-state index contributed by atoms with van der Waals surface area (Å²) in [7, 11) is 0. The summed E-state index contributed by atoms with van der Waals surface area (Å²) >= 11 is 5.88. The second kappa shape index (κ2) is 6.77. The minimum absolute atomic E-state index is 0.105. The molecule has 6 heteroatoms. The maximum absolute atomic E-state index is 12.9. The number of fused-ring (bicyclic) bond motifs is 1. The molecule has 130 valence electrons. The third kappa shape index (κ3) is 3.13. The van der Waals surface area contributed by atoms with Gasteiger partial charge in [0.1, 0.15) is 11.5 Å².